The van der Waals surface area contributed by atoms with Gasteiger partial charge in [0.05, 0.1) is 0 Å². The van der Waals surface area contributed by atoms with Gasteiger partial charge in [0.1, 0.15) is 0 Å². The van der Waals surface area contributed by atoms with Crippen LogP contribution in [-0.4, -0.2) is 0 Å². The van der Waals surface area contributed by atoms with Crippen molar-refractivity contribution in [1.29, 1.82) is 0 Å². The Morgan fingerprint density at radius 2 is 1.00 bits per heavy atom. The molecular weight excluding hydrogens is 605 g/mol. The quantitative estimate of drug-likeness (QED) is 0.342. The van der Waals surface area contributed by atoms with E-state index in [1.807, 2.05) is 0 Å². The predicted octanol–water partition coefficient (Wildman–Crippen LogP) is -0.0125. The zero-order valence-electron chi connectivity index (χ0n) is 2.16. The molecule has 0 spiro atoms. The van der Waals surface area contributed by atoms with Crippen LogP contribution in [0.15, 0.2) is 0 Å². The summed E-state index contributed by atoms with van der Waals surface area (Å²) < 4.78 is 0. The van der Waals surface area contributed by atoms with Crippen molar-refractivity contribution < 1.29 is 105 Å². The summed E-state index contributed by atoms with van der Waals surface area (Å²) in [5, 5.41) is 0. The molecule has 0 saturated heterocycles. The summed E-state index contributed by atoms with van der Waals surface area (Å²) in [5.74, 6) is 0. The van der Waals surface area contributed by atoms with E-state index in [0.29, 0.717) is 0 Å². The van der Waals surface area contributed by atoms with Crippen LogP contribution in [0.3, 0.4) is 0 Å². The van der Waals surface area contributed by atoms with Crippen LogP contribution in [-0.2, 0) is 105 Å². The summed E-state index contributed by atoms with van der Waals surface area (Å²) in [6, 6.07) is 0. The zero-order valence-corrected chi connectivity index (χ0v) is 13.9. The Kier molecular flexibility index (Phi) is 206. The van der Waals surface area contributed by atoms with Crippen molar-refractivity contribution >= 4 is 0 Å². The predicted molar refractivity (Wildman–Crippen MR) is 0 cm³/mol. The standard InChI is InChI=1S/Mo.Nb.Ta.V.W. The Bertz CT molecular complexity index is 11.6. The molecule has 27 valence electrons. The molecule has 0 fully saturated rings. The summed E-state index contributed by atoms with van der Waals surface area (Å²) in [7, 11) is 0. The normalized spacial score (nSPS) is 0. The van der Waals surface area contributed by atoms with Crippen LogP contribution in [0.2, 0.25) is 0 Å². The minimum atomic E-state index is 0. The molecule has 0 rings (SSSR count). The largest absolute Gasteiger partial charge is 0 e. The molecule has 0 heterocycles. The first-order chi connectivity index (χ1) is 0. The fraction of sp³-hybridized carbons (Fsp3) is 0. The number of hydrogen-bond acceptors (Lipinski definition) is 0. The second kappa shape index (κ2) is 26.1. The van der Waals surface area contributed by atoms with Gasteiger partial charge in [0.15, 0.2) is 0 Å². The van der Waals surface area contributed by atoms with E-state index in [9.17, 15) is 0 Å². The second-order valence-electron chi connectivity index (χ2n) is 0. The average Bonchev–Trinajstić information content (AvgIpc) is 0. The third-order valence-corrected chi connectivity index (χ3v) is 0. The first kappa shape index (κ1) is 39.5. The molecule has 0 bridgehead atoms. The molecule has 5 heteroatoms. The van der Waals surface area contributed by atoms with E-state index in [1.165, 1.54) is 0 Å². The van der Waals surface area contributed by atoms with Gasteiger partial charge in [0, 0.05) is 105 Å². The summed E-state index contributed by atoms with van der Waals surface area (Å²) >= 11 is 0. The van der Waals surface area contributed by atoms with E-state index in [2.05, 4.69) is 0 Å². The fourth-order valence-corrected chi connectivity index (χ4v) is 0. The third-order valence-electron chi connectivity index (χ3n) is 0. The van der Waals surface area contributed by atoms with Crippen molar-refractivity contribution in [3.8, 4) is 0 Å². The van der Waals surface area contributed by atoms with E-state index in [0.717, 1.165) is 0 Å². The Balaban J connectivity index is 0. The van der Waals surface area contributed by atoms with Crippen molar-refractivity contribution in [1.82, 2.24) is 0 Å². The van der Waals surface area contributed by atoms with Crippen LogP contribution in [0, 0.1) is 0 Å². The van der Waals surface area contributed by atoms with Gasteiger partial charge in [-0.1, -0.05) is 0 Å². The molecular formula is MoNbTaVW. The topological polar surface area (TPSA) is 0 Å². The molecule has 5 heavy (non-hydrogen) atoms. The number of rotatable bonds is 0. The fourth-order valence-electron chi connectivity index (χ4n) is 0. The van der Waals surface area contributed by atoms with Crippen molar-refractivity contribution in [3.63, 3.8) is 0 Å². The zero-order chi connectivity index (χ0) is 0. The first-order valence-electron chi connectivity index (χ1n) is 0. The summed E-state index contributed by atoms with van der Waals surface area (Å²) in [6.45, 7) is 0. The molecule has 0 atom stereocenters. The van der Waals surface area contributed by atoms with Crippen LogP contribution < -0.4 is 0 Å². The summed E-state index contributed by atoms with van der Waals surface area (Å²) in [4.78, 5) is 0. The minimum Gasteiger partial charge on any atom is 0 e. The van der Waals surface area contributed by atoms with Crippen LogP contribution >= 0.6 is 0 Å². The van der Waals surface area contributed by atoms with Gasteiger partial charge in [-0.25, -0.2) is 0 Å². The van der Waals surface area contributed by atoms with Gasteiger partial charge < -0.3 is 0 Å². The van der Waals surface area contributed by atoms with Crippen LogP contribution in [0.5, 0.6) is 0 Å². The van der Waals surface area contributed by atoms with Gasteiger partial charge >= 0.3 is 0 Å². The SMILES string of the molecule is [Mo].[Nb].[Ta].[V].[W]. The second-order valence-corrected chi connectivity index (χ2v) is 0. The van der Waals surface area contributed by atoms with E-state index < -0.39 is 0 Å². The monoisotopic (exact) mass is 607 g/mol. The molecule has 0 aliphatic heterocycles. The smallest absolute Gasteiger partial charge is 0 e. The van der Waals surface area contributed by atoms with Gasteiger partial charge in [0.25, 0.3) is 0 Å². The third kappa shape index (κ3) is 18.6. The molecule has 0 aliphatic carbocycles. The van der Waals surface area contributed by atoms with E-state index in [-0.39, 0.29) is 105 Å². The van der Waals surface area contributed by atoms with Gasteiger partial charge in [-0.3, -0.25) is 0 Å². The van der Waals surface area contributed by atoms with E-state index in [4.69, 9.17) is 0 Å². The molecule has 0 aliphatic rings. The van der Waals surface area contributed by atoms with Crippen LogP contribution in [0.25, 0.3) is 0 Å². The van der Waals surface area contributed by atoms with E-state index in [1.54, 1.807) is 0 Å². The van der Waals surface area contributed by atoms with Crippen LogP contribution in [0.4, 0.5) is 0 Å². The van der Waals surface area contributed by atoms with Gasteiger partial charge in [0.2, 0.25) is 0 Å². The summed E-state index contributed by atoms with van der Waals surface area (Å²) in [5.41, 5.74) is 0. The van der Waals surface area contributed by atoms with Crippen molar-refractivity contribution in [2.24, 2.45) is 0 Å². The molecule has 0 saturated carbocycles. The van der Waals surface area contributed by atoms with Crippen molar-refractivity contribution in [3.05, 3.63) is 0 Å². The molecule has 0 unspecified atom stereocenters. The molecule has 0 aromatic carbocycles. The maximum Gasteiger partial charge on any atom is 0 e. The Hall–Kier alpha value is 3.44. The molecule has 0 aromatic rings. The van der Waals surface area contributed by atoms with E-state index >= 15 is 0 Å². The Morgan fingerprint density at radius 3 is 1.00 bits per heavy atom. The minimum absolute atomic E-state index is 0. The number of hydrogen-bond donors (Lipinski definition) is 0. The average molecular weight is 605 g/mol. The van der Waals surface area contributed by atoms with Gasteiger partial charge in [-0.05, 0) is 0 Å². The van der Waals surface area contributed by atoms with Crippen LogP contribution in [0.1, 0.15) is 0 Å². The van der Waals surface area contributed by atoms with Gasteiger partial charge in [-0.15, -0.1) is 0 Å². The van der Waals surface area contributed by atoms with Crippen molar-refractivity contribution in [2.45, 2.75) is 0 Å². The molecule has 0 amide bonds. The molecule has 3 radical (unpaired) electrons. The summed E-state index contributed by atoms with van der Waals surface area (Å²) in [6.07, 6.45) is 0. The molecule has 0 N–H and O–H groups in total. The van der Waals surface area contributed by atoms with Gasteiger partial charge in [-0.2, -0.15) is 0 Å². The Labute approximate surface area is 103 Å². The maximum atomic E-state index is 0. The molecule has 0 nitrogen and oxygen atoms in total. The Morgan fingerprint density at radius 1 is 1.00 bits per heavy atom. The maximum absolute atomic E-state index is 0. The van der Waals surface area contributed by atoms with Crippen molar-refractivity contribution in [2.75, 3.05) is 0 Å². The molecule has 0 aromatic heterocycles. The first-order valence-corrected chi connectivity index (χ1v) is 0.